The Morgan fingerprint density at radius 3 is 2.68 bits per heavy atom. The van der Waals surface area contributed by atoms with Crippen LogP contribution in [0.25, 0.3) is 10.8 Å². The molecule has 3 N–H and O–H groups in total. The van der Waals surface area contributed by atoms with Gasteiger partial charge in [0.1, 0.15) is 0 Å². The highest BCUT2D eigenvalue weighted by atomic mass is 16.5. The predicted molar refractivity (Wildman–Crippen MR) is 77.2 cm³/mol. The summed E-state index contributed by atoms with van der Waals surface area (Å²) in [5.74, 6) is 0.789. The summed E-state index contributed by atoms with van der Waals surface area (Å²) in [6, 6.07) is 8.26. The standard InChI is InChI=1S/C14H20N4O/c1-10-12-5-3-4-6-13(12)14(18-17-10)16-11(7-8-15)9-19-2/h3-6,11H,7-9,15H2,1-2H3,(H,16,18). The molecular weight excluding hydrogens is 240 g/mol. The van der Waals surface area contributed by atoms with E-state index < -0.39 is 0 Å². The van der Waals surface area contributed by atoms with E-state index >= 15 is 0 Å². The van der Waals surface area contributed by atoms with Gasteiger partial charge in [-0.05, 0) is 19.9 Å². The lowest BCUT2D eigenvalue weighted by Gasteiger charge is -2.18. The molecule has 0 amide bonds. The Labute approximate surface area is 113 Å². The maximum absolute atomic E-state index is 5.62. The molecule has 2 rings (SSSR count). The van der Waals surface area contributed by atoms with Gasteiger partial charge in [0.25, 0.3) is 0 Å². The van der Waals surface area contributed by atoms with Gasteiger partial charge in [-0.15, -0.1) is 5.10 Å². The maximum Gasteiger partial charge on any atom is 0.156 e. The quantitative estimate of drug-likeness (QED) is 0.827. The van der Waals surface area contributed by atoms with Gasteiger partial charge in [0.2, 0.25) is 0 Å². The zero-order valence-corrected chi connectivity index (χ0v) is 11.4. The molecule has 1 aromatic carbocycles. The van der Waals surface area contributed by atoms with E-state index in [1.54, 1.807) is 7.11 Å². The van der Waals surface area contributed by atoms with Crippen molar-refractivity contribution in [3.63, 3.8) is 0 Å². The molecule has 0 saturated carbocycles. The number of hydrogen-bond donors (Lipinski definition) is 2. The Hall–Kier alpha value is -1.72. The smallest absolute Gasteiger partial charge is 0.156 e. The first-order valence-electron chi connectivity index (χ1n) is 6.43. The van der Waals surface area contributed by atoms with Crippen LogP contribution in [0.3, 0.4) is 0 Å². The third-order valence-electron chi connectivity index (χ3n) is 3.10. The first-order valence-corrected chi connectivity index (χ1v) is 6.43. The van der Waals surface area contributed by atoms with Crippen molar-refractivity contribution in [2.75, 3.05) is 25.6 Å². The lowest BCUT2D eigenvalue weighted by atomic mass is 10.1. The number of nitrogens with zero attached hydrogens (tertiary/aromatic N) is 2. The molecule has 1 heterocycles. The number of ether oxygens (including phenoxy) is 1. The molecule has 0 aliphatic heterocycles. The number of nitrogens with two attached hydrogens (primary N) is 1. The number of anilines is 1. The van der Waals surface area contributed by atoms with Crippen molar-refractivity contribution >= 4 is 16.6 Å². The molecule has 1 atom stereocenters. The summed E-state index contributed by atoms with van der Waals surface area (Å²) < 4.78 is 5.20. The lowest BCUT2D eigenvalue weighted by Crippen LogP contribution is -2.28. The number of fused-ring (bicyclic) bond motifs is 1. The molecule has 5 nitrogen and oxygen atoms in total. The van der Waals surface area contributed by atoms with Crippen LogP contribution in [0.15, 0.2) is 24.3 Å². The van der Waals surface area contributed by atoms with Crippen molar-refractivity contribution in [3.8, 4) is 0 Å². The van der Waals surface area contributed by atoms with Crippen LogP contribution in [-0.4, -0.2) is 36.5 Å². The second-order valence-corrected chi connectivity index (χ2v) is 4.55. The van der Waals surface area contributed by atoms with Gasteiger partial charge in [-0.3, -0.25) is 0 Å². The molecular formula is C14H20N4O. The predicted octanol–water partition coefficient (Wildman–Crippen LogP) is 1.71. The summed E-state index contributed by atoms with van der Waals surface area (Å²) in [6.07, 6.45) is 0.831. The number of benzene rings is 1. The second kappa shape index (κ2) is 6.45. The zero-order valence-electron chi connectivity index (χ0n) is 11.4. The Bertz CT molecular complexity index is 538. The van der Waals surface area contributed by atoms with E-state index in [0.29, 0.717) is 13.2 Å². The summed E-state index contributed by atoms with van der Waals surface area (Å²) in [5, 5.41) is 14.0. The molecule has 0 fully saturated rings. The van der Waals surface area contributed by atoms with Crippen molar-refractivity contribution in [1.29, 1.82) is 0 Å². The monoisotopic (exact) mass is 260 g/mol. The minimum atomic E-state index is 0.149. The molecule has 5 heteroatoms. The van der Waals surface area contributed by atoms with Gasteiger partial charge < -0.3 is 15.8 Å². The molecule has 0 aliphatic rings. The van der Waals surface area contributed by atoms with Crippen LogP contribution in [0.1, 0.15) is 12.1 Å². The van der Waals surface area contributed by atoms with Crippen LogP contribution in [0.5, 0.6) is 0 Å². The molecule has 2 aromatic rings. The van der Waals surface area contributed by atoms with E-state index in [1.165, 1.54) is 0 Å². The van der Waals surface area contributed by atoms with E-state index in [4.69, 9.17) is 10.5 Å². The topological polar surface area (TPSA) is 73.1 Å². The molecule has 0 radical (unpaired) electrons. The summed E-state index contributed by atoms with van der Waals surface area (Å²) in [7, 11) is 1.68. The average Bonchev–Trinajstić information content (AvgIpc) is 2.43. The molecule has 102 valence electrons. The SMILES string of the molecule is COCC(CCN)Nc1nnc(C)c2ccccc12. The molecule has 19 heavy (non-hydrogen) atoms. The van der Waals surface area contributed by atoms with Gasteiger partial charge in [0, 0.05) is 17.9 Å². The van der Waals surface area contributed by atoms with E-state index in [0.717, 1.165) is 28.7 Å². The fourth-order valence-electron chi connectivity index (χ4n) is 2.14. The Morgan fingerprint density at radius 2 is 2.00 bits per heavy atom. The van der Waals surface area contributed by atoms with Gasteiger partial charge in [0.05, 0.1) is 18.3 Å². The summed E-state index contributed by atoms with van der Waals surface area (Å²) >= 11 is 0. The van der Waals surface area contributed by atoms with Crippen LogP contribution in [0.4, 0.5) is 5.82 Å². The van der Waals surface area contributed by atoms with Crippen molar-refractivity contribution in [2.24, 2.45) is 5.73 Å². The Balaban J connectivity index is 2.31. The molecule has 0 saturated heterocycles. The molecule has 1 aromatic heterocycles. The number of rotatable bonds is 6. The van der Waals surface area contributed by atoms with Crippen molar-refractivity contribution in [2.45, 2.75) is 19.4 Å². The fourth-order valence-corrected chi connectivity index (χ4v) is 2.14. The number of aryl methyl sites for hydroxylation is 1. The van der Waals surface area contributed by atoms with Crippen molar-refractivity contribution < 1.29 is 4.74 Å². The highest BCUT2D eigenvalue weighted by molar-refractivity contribution is 5.92. The average molecular weight is 260 g/mol. The number of aromatic nitrogens is 2. The van der Waals surface area contributed by atoms with Gasteiger partial charge in [0.15, 0.2) is 5.82 Å². The minimum absolute atomic E-state index is 0.149. The van der Waals surface area contributed by atoms with Gasteiger partial charge >= 0.3 is 0 Å². The Kier molecular flexibility index (Phi) is 4.65. The second-order valence-electron chi connectivity index (χ2n) is 4.55. The first-order chi connectivity index (χ1) is 9.26. The summed E-state index contributed by atoms with van der Waals surface area (Å²) in [5.41, 5.74) is 6.55. The third-order valence-corrected chi connectivity index (χ3v) is 3.10. The zero-order chi connectivity index (χ0) is 13.7. The first kappa shape index (κ1) is 13.7. The maximum atomic E-state index is 5.62. The highest BCUT2D eigenvalue weighted by Gasteiger charge is 2.11. The van der Waals surface area contributed by atoms with Gasteiger partial charge in [-0.2, -0.15) is 5.10 Å². The van der Waals surface area contributed by atoms with E-state index in [-0.39, 0.29) is 6.04 Å². The van der Waals surface area contributed by atoms with Crippen LogP contribution in [0, 0.1) is 6.92 Å². The Morgan fingerprint density at radius 1 is 1.26 bits per heavy atom. The third kappa shape index (κ3) is 3.19. The van der Waals surface area contributed by atoms with Crippen LogP contribution in [0.2, 0.25) is 0 Å². The van der Waals surface area contributed by atoms with Crippen LogP contribution >= 0.6 is 0 Å². The number of methoxy groups -OCH3 is 1. The number of hydrogen-bond acceptors (Lipinski definition) is 5. The number of nitrogens with one attached hydrogen (secondary N) is 1. The lowest BCUT2D eigenvalue weighted by molar-refractivity contribution is 0.183. The molecule has 0 aliphatic carbocycles. The van der Waals surface area contributed by atoms with Gasteiger partial charge in [-0.1, -0.05) is 24.3 Å². The van der Waals surface area contributed by atoms with Crippen molar-refractivity contribution in [1.82, 2.24) is 10.2 Å². The minimum Gasteiger partial charge on any atom is -0.383 e. The molecule has 1 unspecified atom stereocenters. The van der Waals surface area contributed by atoms with Crippen molar-refractivity contribution in [3.05, 3.63) is 30.0 Å². The van der Waals surface area contributed by atoms with E-state index in [2.05, 4.69) is 21.6 Å². The summed E-state index contributed by atoms with van der Waals surface area (Å²) in [6.45, 7) is 3.17. The normalized spacial score (nSPS) is 12.6. The van der Waals surface area contributed by atoms with E-state index in [1.807, 2.05) is 25.1 Å². The highest BCUT2D eigenvalue weighted by Crippen LogP contribution is 2.23. The summed E-state index contributed by atoms with van der Waals surface area (Å²) in [4.78, 5) is 0. The fraction of sp³-hybridized carbons (Fsp3) is 0.429. The van der Waals surface area contributed by atoms with Gasteiger partial charge in [-0.25, -0.2) is 0 Å². The van der Waals surface area contributed by atoms with Crippen LogP contribution in [-0.2, 0) is 4.74 Å². The van der Waals surface area contributed by atoms with Crippen LogP contribution < -0.4 is 11.1 Å². The van der Waals surface area contributed by atoms with E-state index in [9.17, 15) is 0 Å². The molecule has 0 bridgehead atoms. The molecule has 0 spiro atoms. The largest absolute Gasteiger partial charge is 0.383 e.